The van der Waals surface area contributed by atoms with Crippen molar-refractivity contribution >= 4 is 5.91 Å². The van der Waals surface area contributed by atoms with Crippen LogP contribution in [0.3, 0.4) is 0 Å². The van der Waals surface area contributed by atoms with Crippen LogP contribution in [0.5, 0.6) is 0 Å². The molecular formula is C11H18N2O2. The van der Waals surface area contributed by atoms with Gasteiger partial charge < -0.3 is 15.0 Å². The van der Waals surface area contributed by atoms with Gasteiger partial charge in [-0.1, -0.05) is 6.92 Å². The van der Waals surface area contributed by atoms with Crippen LogP contribution < -0.4 is 0 Å². The number of nitrogens with zero attached hydrogens (tertiary/aromatic N) is 1. The number of aromatic nitrogens is 1. The smallest absolute Gasteiger partial charge is 0.228 e. The van der Waals surface area contributed by atoms with Crippen LogP contribution in [0.1, 0.15) is 18.9 Å². The van der Waals surface area contributed by atoms with Crippen molar-refractivity contribution < 1.29 is 9.90 Å². The minimum Gasteiger partial charge on any atom is -0.396 e. The summed E-state index contributed by atoms with van der Waals surface area (Å²) in [5.74, 6) is -0.268. The van der Waals surface area contributed by atoms with E-state index in [1.54, 1.807) is 11.9 Å². The first-order valence-electron chi connectivity index (χ1n) is 5.16. The molecular weight excluding hydrogens is 192 g/mol. The number of aromatic amines is 1. The van der Waals surface area contributed by atoms with E-state index in [1.165, 1.54) is 0 Å². The molecule has 2 N–H and O–H groups in total. The van der Waals surface area contributed by atoms with Crippen LogP contribution in [-0.4, -0.2) is 34.6 Å². The van der Waals surface area contributed by atoms with Crippen molar-refractivity contribution in [3.05, 3.63) is 24.0 Å². The summed E-state index contributed by atoms with van der Waals surface area (Å²) in [6, 6.07) is 1.93. The van der Waals surface area contributed by atoms with Crippen molar-refractivity contribution in [2.75, 3.05) is 13.7 Å². The van der Waals surface area contributed by atoms with Gasteiger partial charge in [-0.3, -0.25) is 4.79 Å². The maximum atomic E-state index is 11.8. The highest BCUT2D eigenvalue weighted by molar-refractivity contribution is 5.78. The van der Waals surface area contributed by atoms with Crippen molar-refractivity contribution in [2.45, 2.75) is 19.9 Å². The van der Waals surface area contributed by atoms with Crippen LogP contribution in [0.25, 0.3) is 0 Å². The van der Waals surface area contributed by atoms with E-state index in [4.69, 9.17) is 5.11 Å². The van der Waals surface area contributed by atoms with Gasteiger partial charge in [0.1, 0.15) is 0 Å². The molecule has 0 aliphatic heterocycles. The average Bonchev–Trinajstić information content (AvgIpc) is 2.72. The fourth-order valence-electron chi connectivity index (χ4n) is 1.50. The van der Waals surface area contributed by atoms with Crippen LogP contribution in [0.4, 0.5) is 0 Å². The molecule has 0 saturated carbocycles. The highest BCUT2D eigenvalue weighted by Crippen LogP contribution is 2.09. The molecule has 0 aromatic carbocycles. The van der Waals surface area contributed by atoms with E-state index in [1.807, 2.05) is 25.4 Å². The van der Waals surface area contributed by atoms with E-state index in [9.17, 15) is 4.79 Å². The summed E-state index contributed by atoms with van der Waals surface area (Å²) >= 11 is 0. The summed E-state index contributed by atoms with van der Waals surface area (Å²) < 4.78 is 0. The van der Waals surface area contributed by atoms with Crippen molar-refractivity contribution in [2.24, 2.45) is 5.92 Å². The summed E-state index contributed by atoms with van der Waals surface area (Å²) in [4.78, 5) is 16.4. The molecule has 84 valence electrons. The number of carbonyl (C=O) groups is 1. The average molecular weight is 210 g/mol. The first-order chi connectivity index (χ1) is 7.19. The quantitative estimate of drug-likeness (QED) is 0.761. The van der Waals surface area contributed by atoms with Crippen molar-refractivity contribution in [1.29, 1.82) is 0 Å². The Morgan fingerprint density at radius 2 is 2.40 bits per heavy atom. The Morgan fingerprint density at radius 1 is 1.67 bits per heavy atom. The van der Waals surface area contributed by atoms with Crippen molar-refractivity contribution in [1.82, 2.24) is 9.88 Å². The molecule has 0 bridgehead atoms. The second-order valence-electron chi connectivity index (χ2n) is 3.70. The predicted octanol–water partition coefficient (Wildman–Crippen LogP) is 0.992. The number of aliphatic hydroxyl groups is 1. The van der Waals surface area contributed by atoms with E-state index < -0.39 is 0 Å². The molecule has 1 rings (SSSR count). The molecule has 0 radical (unpaired) electrons. The summed E-state index contributed by atoms with van der Waals surface area (Å²) in [6.45, 7) is 2.41. The normalized spacial score (nSPS) is 12.5. The second-order valence-corrected chi connectivity index (χ2v) is 3.70. The molecule has 0 fully saturated rings. The van der Waals surface area contributed by atoms with Gasteiger partial charge in [0.05, 0.1) is 12.5 Å². The lowest BCUT2D eigenvalue weighted by Crippen LogP contribution is -2.33. The highest BCUT2D eigenvalue weighted by atomic mass is 16.3. The molecule has 0 spiro atoms. The predicted molar refractivity (Wildman–Crippen MR) is 58.1 cm³/mol. The molecule has 4 nitrogen and oxygen atoms in total. The van der Waals surface area contributed by atoms with Crippen molar-refractivity contribution in [3.8, 4) is 0 Å². The monoisotopic (exact) mass is 210 g/mol. The van der Waals surface area contributed by atoms with Gasteiger partial charge in [-0.25, -0.2) is 0 Å². The van der Waals surface area contributed by atoms with E-state index in [0.717, 1.165) is 5.56 Å². The Bertz CT molecular complexity index is 292. The van der Waals surface area contributed by atoms with Gasteiger partial charge >= 0.3 is 0 Å². The first kappa shape index (κ1) is 11.8. The van der Waals surface area contributed by atoms with Gasteiger partial charge in [0.25, 0.3) is 0 Å². The molecule has 0 saturated heterocycles. The molecule has 1 aromatic rings. The summed E-state index contributed by atoms with van der Waals surface area (Å²) in [6.07, 6.45) is 4.37. The lowest BCUT2D eigenvalue weighted by molar-refractivity contribution is -0.136. The number of H-pyrrole nitrogens is 1. The molecule has 0 aliphatic rings. The van der Waals surface area contributed by atoms with Gasteiger partial charge in [0.2, 0.25) is 5.91 Å². The molecule has 1 unspecified atom stereocenters. The fourth-order valence-corrected chi connectivity index (χ4v) is 1.50. The highest BCUT2D eigenvalue weighted by Gasteiger charge is 2.19. The van der Waals surface area contributed by atoms with Crippen LogP contribution in [0.2, 0.25) is 0 Å². The number of aliphatic hydroxyl groups excluding tert-OH is 1. The summed E-state index contributed by atoms with van der Waals surface area (Å²) in [7, 11) is 1.76. The van der Waals surface area contributed by atoms with Gasteiger partial charge in [-0.05, 0) is 18.1 Å². The van der Waals surface area contributed by atoms with Gasteiger partial charge in [-0.15, -0.1) is 0 Å². The maximum absolute atomic E-state index is 11.8. The minimum absolute atomic E-state index is 0.00111. The molecule has 1 atom stereocenters. The third kappa shape index (κ3) is 3.09. The molecule has 4 heteroatoms. The second kappa shape index (κ2) is 5.56. The van der Waals surface area contributed by atoms with Gasteiger partial charge in [0.15, 0.2) is 0 Å². The molecule has 0 aliphatic carbocycles. The number of amides is 1. The van der Waals surface area contributed by atoms with Crippen LogP contribution in [0, 0.1) is 5.92 Å². The zero-order valence-electron chi connectivity index (χ0n) is 9.23. The third-order valence-corrected chi connectivity index (χ3v) is 2.52. The van der Waals surface area contributed by atoms with Crippen LogP contribution in [0.15, 0.2) is 18.5 Å². The molecule has 1 heterocycles. The lowest BCUT2D eigenvalue weighted by atomic mass is 10.1. The standard InChI is InChI=1S/C11H18N2O2/c1-3-10(8-14)11(15)13(2)7-9-4-5-12-6-9/h4-6,10,12,14H,3,7-8H2,1-2H3. The molecule has 1 amide bonds. The zero-order valence-corrected chi connectivity index (χ0v) is 9.23. The number of hydrogen-bond donors (Lipinski definition) is 2. The molecule has 15 heavy (non-hydrogen) atoms. The van der Waals surface area contributed by atoms with Crippen LogP contribution in [-0.2, 0) is 11.3 Å². The lowest BCUT2D eigenvalue weighted by Gasteiger charge is -2.21. The Kier molecular flexibility index (Phi) is 4.37. The van der Waals surface area contributed by atoms with E-state index in [2.05, 4.69) is 4.98 Å². The summed E-state index contributed by atoms with van der Waals surface area (Å²) in [5, 5.41) is 9.02. The maximum Gasteiger partial charge on any atom is 0.228 e. The molecule has 1 aromatic heterocycles. The van der Waals surface area contributed by atoms with Gasteiger partial charge in [0, 0.05) is 26.0 Å². The summed E-state index contributed by atoms with van der Waals surface area (Å²) in [5.41, 5.74) is 1.07. The number of nitrogens with one attached hydrogen (secondary N) is 1. The largest absolute Gasteiger partial charge is 0.396 e. The SMILES string of the molecule is CCC(CO)C(=O)N(C)Cc1cc[nH]c1. The van der Waals surface area contributed by atoms with E-state index in [0.29, 0.717) is 13.0 Å². The Hall–Kier alpha value is -1.29. The Labute approximate surface area is 89.9 Å². The number of hydrogen-bond acceptors (Lipinski definition) is 2. The van der Waals surface area contributed by atoms with E-state index in [-0.39, 0.29) is 18.4 Å². The fraction of sp³-hybridized carbons (Fsp3) is 0.545. The zero-order chi connectivity index (χ0) is 11.3. The number of rotatable bonds is 5. The van der Waals surface area contributed by atoms with Crippen molar-refractivity contribution in [3.63, 3.8) is 0 Å². The Balaban J connectivity index is 2.53. The van der Waals surface area contributed by atoms with Gasteiger partial charge in [-0.2, -0.15) is 0 Å². The number of carbonyl (C=O) groups excluding carboxylic acids is 1. The van der Waals surface area contributed by atoms with E-state index >= 15 is 0 Å². The minimum atomic E-state index is -0.269. The van der Waals surface area contributed by atoms with Crippen LogP contribution >= 0.6 is 0 Å². The first-order valence-corrected chi connectivity index (χ1v) is 5.16. The Morgan fingerprint density at radius 3 is 2.87 bits per heavy atom. The third-order valence-electron chi connectivity index (χ3n) is 2.52. The topological polar surface area (TPSA) is 56.3 Å².